The summed E-state index contributed by atoms with van der Waals surface area (Å²) < 4.78 is 28.5. The summed E-state index contributed by atoms with van der Waals surface area (Å²) >= 11 is 0. The van der Waals surface area contributed by atoms with Crippen LogP contribution in [0.2, 0.25) is 0 Å². The van der Waals surface area contributed by atoms with Crippen molar-refractivity contribution in [1.29, 1.82) is 0 Å². The number of nitrogens with zero attached hydrogens (tertiary/aromatic N) is 6. The van der Waals surface area contributed by atoms with Crippen LogP contribution in [0.4, 0.5) is 14.6 Å². The number of amides is 1. The van der Waals surface area contributed by atoms with Crippen molar-refractivity contribution in [3.05, 3.63) is 65.2 Å². The molecule has 2 heterocycles. The third-order valence-corrected chi connectivity index (χ3v) is 5.90. The second kappa shape index (κ2) is 14.6. The number of rotatable bonds is 9. The van der Waals surface area contributed by atoms with Gasteiger partial charge in [-0.05, 0) is 56.9 Å². The van der Waals surface area contributed by atoms with Crippen LogP contribution in [0.15, 0.2) is 64.2 Å². The molecule has 6 N–H and O–H groups in total. The Hall–Kier alpha value is -4.06. The molecule has 1 aromatic heterocycles. The number of hydrogen-bond acceptors (Lipinski definition) is 8. The van der Waals surface area contributed by atoms with E-state index in [2.05, 4.69) is 15.2 Å². The molecule has 0 aromatic carbocycles. The second-order valence-electron chi connectivity index (χ2n) is 8.57. The Labute approximate surface area is 222 Å². The van der Waals surface area contributed by atoms with Crippen LogP contribution in [0.25, 0.3) is 6.08 Å². The molecule has 12 heteroatoms. The first kappa shape index (κ1) is 30.2. The van der Waals surface area contributed by atoms with Gasteiger partial charge in [-0.25, -0.2) is 19.6 Å². The predicted octanol–water partition coefficient (Wildman–Crippen LogP) is 3.77. The van der Waals surface area contributed by atoms with E-state index in [4.69, 9.17) is 17.4 Å². The van der Waals surface area contributed by atoms with E-state index in [9.17, 15) is 13.6 Å². The third kappa shape index (κ3) is 7.97. The van der Waals surface area contributed by atoms with E-state index in [-0.39, 0.29) is 34.9 Å². The highest BCUT2D eigenvalue weighted by Gasteiger charge is 2.25. The maximum absolute atomic E-state index is 14.7. The minimum absolute atomic E-state index is 0.0478. The molecular weight excluding hydrogens is 492 g/mol. The van der Waals surface area contributed by atoms with Gasteiger partial charge in [0, 0.05) is 38.6 Å². The zero-order valence-corrected chi connectivity index (χ0v) is 22.3. The first-order chi connectivity index (χ1) is 18.1. The number of amidine groups is 1. The lowest BCUT2D eigenvalue weighted by molar-refractivity contribution is -0.130. The average Bonchev–Trinajstić information content (AvgIpc) is 2.90. The fourth-order valence-corrected chi connectivity index (χ4v) is 3.86. The normalized spacial score (nSPS) is 16.6. The summed E-state index contributed by atoms with van der Waals surface area (Å²) in [6.07, 6.45) is 13.7. The van der Waals surface area contributed by atoms with E-state index in [0.29, 0.717) is 25.1 Å². The number of nitrogen functional groups attached to an aromatic ring is 1. The number of aromatic nitrogens is 1. The highest BCUT2D eigenvalue weighted by atomic mass is 19.2. The third-order valence-electron chi connectivity index (χ3n) is 5.90. The number of allylic oxidation sites excluding steroid dienone is 5. The Bertz CT molecular complexity index is 1150. The predicted molar refractivity (Wildman–Crippen MR) is 148 cm³/mol. The lowest BCUT2D eigenvalue weighted by atomic mass is 10.0. The molecule has 0 bridgehead atoms. The molecule has 0 aliphatic carbocycles. The first-order valence-corrected chi connectivity index (χ1v) is 12.3. The van der Waals surface area contributed by atoms with Gasteiger partial charge in [0.25, 0.3) is 0 Å². The van der Waals surface area contributed by atoms with E-state index < -0.39 is 11.7 Å². The summed E-state index contributed by atoms with van der Waals surface area (Å²) in [7, 11) is 0. The van der Waals surface area contributed by atoms with Crippen molar-refractivity contribution in [2.45, 2.75) is 53.0 Å². The van der Waals surface area contributed by atoms with Crippen LogP contribution in [0.3, 0.4) is 0 Å². The molecule has 0 spiro atoms. The largest absolute Gasteiger partial charge is 0.383 e. The van der Waals surface area contributed by atoms with Crippen LogP contribution in [0.5, 0.6) is 0 Å². The number of pyridine rings is 1. The Balaban J connectivity index is 2.37. The first-order valence-electron chi connectivity index (χ1n) is 12.3. The Morgan fingerprint density at radius 3 is 2.53 bits per heavy atom. The topological polar surface area (TPSA) is 142 Å². The SMILES string of the molecule is C/C=N\N(/C=C/c1cnc(N)c(/C(=N/N)N(N)C(=C/C=C\CC)/C(F)=C(\C)F)c1)C1CCN(C(C)=O)CC1. The van der Waals surface area contributed by atoms with Gasteiger partial charge in [0.2, 0.25) is 5.91 Å². The Morgan fingerprint density at radius 2 is 1.97 bits per heavy atom. The van der Waals surface area contributed by atoms with Gasteiger partial charge in [-0.3, -0.25) is 14.8 Å². The molecule has 206 valence electrons. The van der Waals surface area contributed by atoms with Crippen LogP contribution < -0.4 is 17.4 Å². The molecule has 38 heavy (non-hydrogen) atoms. The smallest absolute Gasteiger partial charge is 0.219 e. The summed E-state index contributed by atoms with van der Waals surface area (Å²) in [5, 5.41) is 10.8. The van der Waals surface area contributed by atoms with E-state index in [1.807, 2.05) is 23.8 Å². The quantitative estimate of drug-likeness (QED) is 0.145. The van der Waals surface area contributed by atoms with Gasteiger partial charge >= 0.3 is 0 Å². The maximum Gasteiger partial charge on any atom is 0.219 e. The molecule has 1 aliphatic heterocycles. The van der Waals surface area contributed by atoms with Gasteiger partial charge < -0.3 is 16.5 Å². The van der Waals surface area contributed by atoms with Gasteiger partial charge in [-0.2, -0.15) is 10.2 Å². The summed E-state index contributed by atoms with van der Waals surface area (Å²) in [5.74, 6) is 9.55. The van der Waals surface area contributed by atoms with Crippen molar-refractivity contribution in [3.8, 4) is 0 Å². The highest BCUT2D eigenvalue weighted by Crippen LogP contribution is 2.24. The van der Waals surface area contributed by atoms with Gasteiger partial charge in [0.1, 0.15) is 11.6 Å². The number of likely N-dealkylation sites (tertiary alicyclic amines) is 1. The molecule has 1 aliphatic rings. The second-order valence-corrected chi connectivity index (χ2v) is 8.57. The fraction of sp³-hybridized carbons (Fsp3) is 0.385. The van der Waals surface area contributed by atoms with E-state index in [0.717, 1.165) is 24.8 Å². The molecular formula is C26H37F2N9O. The van der Waals surface area contributed by atoms with Crippen LogP contribution in [0.1, 0.15) is 58.1 Å². The number of hydrazine groups is 1. The van der Waals surface area contributed by atoms with Crippen molar-refractivity contribution in [2.75, 3.05) is 18.8 Å². The van der Waals surface area contributed by atoms with Crippen LogP contribution in [-0.4, -0.2) is 57.0 Å². The number of anilines is 1. The zero-order valence-electron chi connectivity index (χ0n) is 22.3. The van der Waals surface area contributed by atoms with Gasteiger partial charge in [-0.1, -0.05) is 19.1 Å². The Morgan fingerprint density at radius 1 is 1.29 bits per heavy atom. The summed E-state index contributed by atoms with van der Waals surface area (Å²) in [6, 6.07) is 1.75. The van der Waals surface area contributed by atoms with E-state index in [1.54, 1.807) is 49.8 Å². The lowest BCUT2D eigenvalue weighted by Crippen LogP contribution is -2.43. The van der Waals surface area contributed by atoms with Crippen molar-refractivity contribution in [1.82, 2.24) is 19.9 Å². The number of nitrogens with two attached hydrogens (primary N) is 3. The number of carbonyl (C=O) groups excluding carboxylic acids is 1. The molecule has 2 rings (SSSR count). The molecule has 0 unspecified atom stereocenters. The van der Waals surface area contributed by atoms with Gasteiger partial charge in [-0.15, -0.1) is 0 Å². The average molecular weight is 530 g/mol. The molecule has 1 fully saturated rings. The molecule has 1 aromatic rings. The lowest BCUT2D eigenvalue weighted by Gasteiger charge is -2.35. The summed E-state index contributed by atoms with van der Waals surface area (Å²) in [5.41, 5.74) is 6.64. The standard InChI is InChI=1S/C26H37F2N9O/c1-5-7-8-9-23(24(28)18(3)27)37(31)26(34-30)22-16-20(17-32-25(22)29)10-15-36(33-6-2)21-11-13-35(14-12-21)19(4)38/h6-10,15-17,21H,5,11-14,30-31H2,1-4H3,(H2,29,32)/b8-7-,15-10+,23-9+,24-18-,33-6-,34-26-. The molecule has 1 saturated heterocycles. The van der Waals surface area contributed by atoms with Crippen molar-refractivity contribution in [2.24, 2.45) is 21.9 Å². The van der Waals surface area contributed by atoms with E-state index >= 15 is 0 Å². The zero-order chi connectivity index (χ0) is 28.2. The molecule has 0 atom stereocenters. The Kier molecular flexibility index (Phi) is 11.6. The molecule has 0 radical (unpaired) electrons. The number of hydrazone groups is 2. The van der Waals surface area contributed by atoms with E-state index in [1.165, 1.54) is 6.08 Å². The number of carbonyl (C=O) groups is 1. The number of halogens is 2. The van der Waals surface area contributed by atoms with Crippen LogP contribution >= 0.6 is 0 Å². The van der Waals surface area contributed by atoms with Gasteiger partial charge in [0.05, 0.1) is 17.3 Å². The molecule has 10 nitrogen and oxygen atoms in total. The fourth-order valence-electron chi connectivity index (χ4n) is 3.86. The summed E-state index contributed by atoms with van der Waals surface area (Å²) in [6.45, 7) is 7.59. The minimum atomic E-state index is -1.17. The molecule has 1 amide bonds. The molecule has 0 saturated carbocycles. The van der Waals surface area contributed by atoms with Gasteiger partial charge in [0.15, 0.2) is 11.7 Å². The minimum Gasteiger partial charge on any atom is -0.383 e. The van der Waals surface area contributed by atoms with Crippen molar-refractivity contribution < 1.29 is 13.6 Å². The van der Waals surface area contributed by atoms with Crippen molar-refractivity contribution >= 4 is 29.9 Å². The van der Waals surface area contributed by atoms with Crippen molar-refractivity contribution in [3.63, 3.8) is 0 Å². The highest BCUT2D eigenvalue weighted by molar-refractivity contribution is 6.03. The maximum atomic E-state index is 14.7. The number of hydrogen-bond donors (Lipinski definition) is 3. The number of piperidine rings is 1. The van der Waals surface area contributed by atoms with Crippen LogP contribution in [0, 0.1) is 0 Å². The summed E-state index contributed by atoms with van der Waals surface area (Å²) in [4.78, 5) is 17.7. The van der Waals surface area contributed by atoms with Crippen LogP contribution in [-0.2, 0) is 4.79 Å². The monoisotopic (exact) mass is 529 g/mol.